The molecule has 29 heavy (non-hydrogen) atoms. The number of rotatable bonds is 6. The van der Waals surface area contributed by atoms with Gasteiger partial charge in [-0.25, -0.2) is 8.42 Å². The quantitative estimate of drug-likeness (QED) is 0.527. The van der Waals surface area contributed by atoms with Crippen LogP contribution in [0.25, 0.3) is 6.08 Å². The van der Waals surface area contributed by atoms with Gasteiger partial charge in [0.1, 0.15) is 0 Å². The number of carbonyl (C=O) groups excluding carboxylic acids is 1. The Kier molecular flexibility index (Phi) is 6.29. The van der Waals surface area contributed by atoms with Gasteiger partial charge < -0.3 is 0 Å². The zero-order chi connectivity index (χ0) is 20.9. The standard InChI is InChI=1S/C24H23NO3S/c1-19(2)21-16-13-20(14-17-21)15-18-24(26)25(22-9-5-3-6-10-22)29(27,28)23-11-7-4-8-12-23/h3-19H,1-2H3/b18-15+. The highest BCUT2D eigenvalue weighted by molar-refractivity contribution is 7.93. The van der Waals surface area contributed by atoms with Crippen molar-refractivity contribution in [2.24, 2.45) is 0 Å². The molecule has 0 aliphatic rings. The van der Waals surface area contributed by atoms with Gasteiger partial charge in [0.15, 0.2) is 0 Å². The molecule has 0 N–H and O–H groups in total. The van der Waals surface area contributed by atoms with Crippen molar-refractivity contribution in [2.75, 3.05) is 4.31 Å². The molecule has 4 nitrogen and oxygen atoms in total. The van der Waals surface area contributed by atoms with Crippen LogP contribution in [0.4, 0.5) is 5.69 Å². The van der Waals surface area contributed by atoms with Crippen molar-refractivity contribution in [2.45, 2.75) is 24.7 Å². The minimum absolute atomic E-state index is 0.0619. The Balaban J connectivity index is 1.95. The average molecular weight is 406 g/mol. The van der Waals surface area contributed by atoms with Crippen LogP contribution < -0.4 is 4.31 Å². The zero-order valence-electron chi connectivity index (χ0n) is 16.4. The van der Waals surface area contributed by atoms with Crippen LogP contribution in [-0.2, 0) is 14.8 Å². The Morgan fingerprint density at radius 3 is 1.93 bits per heavy atom. The van der Waals surface area contributed by atoms with Crippen molar-refractivity contribution in [3.8, 4) is 0 Å². The number of sulfonamides is 1. The van der Waals surface area contributed by atoms with Gasteiger partial charge >= 0.3 is 0 Å². The topological polar surface area (TPSA) is 54.5 Å². The second-order valence-electron chi connectivity index (χ2n) is 6.91. The first-order valence-electron chi connectivity index (χ1n) is 9.37. The fourth-order valence-electron chi connectivity index (χ4n) is 2.87. The van der Waals surface area contributed by atoms with Gasteiger partial charge in [0.2, 0.25) is 0 Å². The molecule has 148 valence electrons. The molecular weight excluding hydrogens is 382 g/mol. The Labute approximate surface area is 172 Å². The van der Waals surface area contributed by atoms with Crippen molar-refractivity contribution in [1.82, 2.24) is 0 Å². The van der Waals surface area contributed by atoms with Crippen molar-refractivity contribution in [1.29, 1.82) is 0 Å². The lowest BCUT2D eigenvalue weighted by Crippen LogP contribution is -2.35. The van der Waals surface area contributed by atoms with Crippen LogP contribution in [0.15, 0.2) is 95.9 Å². The maximum atomic E-state index is 13.2. The van der Waals surface area contributed by atoms with Gasteiger partial charge in [0.05, 0.1) is 10.6 Å². The highest BCUT2D eigenvalue weighted by Gasteiger charge is 2.29. The third kappa shape index (κ3) is 4.81. The summed E-state index contributed by atoms with van der Waals surface area (Å²) >= 11 is 0. The van der Waals surface area contributed by atoms with E-state index >= 15 is 0 Å². The molecule has 0 radical (unpaired) electrons. The Bertz CT molecular complexity index is 1090. The predicted molar refractivity (Wildman–Crippen MR) is 117 cm³/mol. The number of anilines is 1. The number of amides is 1. The van der Waals surface area contributed by atoms with Gasteiger partial charge in [-0.2, -0.15) is 4.31 Å². The Hall–Kier alpha value is -3.18. The number of carbonyl (C=O) groups is 1. The summed E-state index contributed by atoms with van der Waals surface area (Å²) in [6.45, 7) is 4.22. The van der Waals surface area contributed by atoms with Gasteiger partial charge in [-0.15, -0.1) is 0 Å². The zero-order valence-corrected chi connectivity index (χ0v) is 17.2. The summed E-state index contributed by atoms with van der Waals surface area (Å²) in [7, 11) is -4.04. The Morgan fingerprint density at radius 2 is 1.38 bits per heavy atom. The fourth-order valence-corrected chi connectivity index (χ4v) is 4.28. The molecule has 5 heteroatoms. The maximum Gasteiger partial charge on any atom is 0.271 e. The molecule has 0 heterocycles. The molecule has 1 amide bonds. The lowest BCUT2D eigenvalue weighted by molar-refractivity contribution is -0.113. The smallest absolute Gasteiger partial charge is 0.268 e. The lowest BCUT2D eigenvalue weighted by atomic mass is 10.0. The molecule has 3 aromatic rings. The van der Waals surface area contributed by atoms with E-state index in [0.717, 1.165) is 9.87 Å². The molecule has 0 saturated carbocycles. The van der Waals surface area contributed by atoms with Crippen molar-refractivity contribution < 1.29 is 13.2 Å². The minimum Gasteiger partial charge on any atom is -0.268 e. The molecule has 0 aliphatic carbocycles. The largest absolute Gasteiger partial charge is 0.271 e. The van der Waals surface area contributed by atoms with E-state index in [4.69, 9.17) is 0 Å². The first-order chi connectivity index (χ1) is 13.9. The Morgan fingerprint density at radius 1 is 0.828 bits per heavy atom. The molecule has 0 atom stereocenters. The van der Waals surface area contributed by atoms with Gasteiger partial charge in [0.25, 0.3) is 15.9 Å². The molecule has 0 spiro atoms. The molecule has 0 aliphatic heterocycles. The summed E-state index contributed by atoms with van der Waals surface area (Å²) in [6, 6.07) is 24.2. The maximum absolute atomic E-state index is 13.2. The van der Waals surface area contributed by atoms with Gasteiger partial charge in [-0.05, 0) is 47.4 Å². The first kappa shape index (κ1) is 20.6. The summed E-state index contributed by atoms with van der Waals surface area (Å²) < 4.78 is 27.2. The van der Waals surface area contributed by atoms with Crippen molar-refractivity contribution >= 4 is 27.7 Å². The average Bonchev–Trinajstić information content (AvgIpc) is 2.74. The van der Waals surface area contributed by atoms with Crippen molar-refractivity contribution in [3.63, 3.8) is 0 Å². The highest BCUT2D eigenvalue weighted by Crippen LogP contribution is 2.24. The fraction of sp³-hybridized carbons (Fsp3) is 0.125. The minimum atomic E-state index is -4.04. The molecule has 0 unspecified atom stereocenters. The van der Waals surface area contributed by atoms with Gasteiger partial charge in [-0.1, -0.05) is 74.5 Å². The van der Waals surface area contributed by atoms with Gasteiger partial charge in [-0.3, -0.25) is 4.79 Å². The monoisotopic (exact) mass is 405 g/mol. The molecule has 0 bridgehead atoms. The SMILES string of the molecule is CC(C)c1ccc(/C=C/C(=O)N(c2ccccc2)S(=O)(=O)c2ccccc2)cc1. The molecule has 0 fully saturated rings. The molecule has 0 aromatic heterocycles. The first-order valence-corrected chi connectivity index (χ1v) is 10.8. The van der Waals surface area contributed by atoms with Crippen molar-refractivity contribution in [3.05, 3.63) is 102 Å². The summed E-state index contributed by atoms with van der Waals surface area (Å²) in [5.74, 6) is -0.216. The van der Waals surface area contributed by atoms with Crippen LogP contribution in [0.3, 0.4) is 0 Å². The van der Waals surface area contributed by atoms with Crippen LogP contribution in [0.2, 0.25) is 0 Å². The van der Waals surface area contributed by atoms with Crippen LogP contribution in [0.1, 0.15) is 30.9 Å². The third-order valence-electron chi connectivity index (χ3n) is 4.49. The number of nitrogens with zero attached hydrogens (tertiary/aromatic N) is 1. The van der Waals surface area contributed by atoms with Crippen LogP contribution in [-0.4, -0.2) is 14.3 Å². The number of benzene rings is 3. The molecule has 3 rings (SSSR count). The molecule has 0 saturated heterocycles. The van der Waals surface area contributed by atoms with E-state index in [9.17, 15) is 13.2 Å². The normalized spacial score (nSPS) is 11.7. The second kappa shape index (κ2) is 8.88. The van der Waals surface area contributed by atoms with Gasteiger partial charge in [0, 0.05) is 6.08 Å². The number of hydrogen-bond acceptors (Lipinski definition) is 3. The van der Waals surface area contributed by atoms with E-state index in [2.05, 4.69) is 13.8 Å². The molecule has 3 aromatic carbocycles. The predicted octanol–water partition coefficient (Wildman–Crippen LogP) is 5.25. The van der Waals surface area contributed by atoms with Crippen LogP contribution in [0.5, 0.6) is 0 Å². The van der Waals surface area contributed by atoms with E-state index < -0.39 is 15.9 Å². The van der Waals surface area contributed by atoms with E-state index in [1.165, 1.54) is 23.8 Å². The summed E-state index contributed by atoms with van der Waals surface area (Å²) in [6.07, 6.45) is 2.92. The number of hydrogen-bond donors (Lipinski definition) is 0. The van der Waals surface area contributed by atoms with E-state index in [1.54, 1.807) is 54.6 Å². The highest BCUT2D eigenvalue weighted by atomic mass is 32.2. The van der Waals surface area contributed by atoms with E-state index in [-0.39, 0.29) is 4.90 Å². The molecular formula is C24H23NO3S. The second-order valence-corrected chi connectivity index (χ2v) is 8.70. The number of para-hydroxylation sites is 1. The third-order valence-corrected chi connectivity index (χ3v) is 6.23. The lowest BCUT2D eigenvalue weighted by Gasteiger charge is -2.21. The summed E-state index contributed by atoms with van der Waals surface area (Å²) in [5, 5.41) is 0. The van der Waals surface area contributed by atoms with Crippen LogP contribution >= 0.6 is 0 Å². The summed E-state index contributed by atoms with van der Waals surface area (Å²) in [5.41, 5.74) is 2.32. The summed E-state index contributed by atoms with van der Waals surface area (Å²) in [4.78, 5) is 13.0. The van der Waals surface area contributed by atoms with E-state index in [0.29, 0.717) is 11.6 Å². The van der Waals surface area contributed by atoms with E-state index in [1.807, 2.05) is 24.3 Å². The van der Waals surface area contributed by atoms with Crippen LogP contribution in [0, 0.1) is 0 Å².